The van der Waals surface area contributed by atoms with Gasteiger partial charge in [0.05, 0.1) is 0 Å². The van der Waals surface area contributed by atoms with Crippen molar-refractivity contribution in [2.24, 2.45) is 0 Å². The SMILES string of the molecule is O=C(O)C(c1cccc(Cl)c1)N1CCCCCC1. The standard InChI is InChI=1S/C14H18ClNO2/c15-12-7-5-6-11(10-12)13(14(17)18)16-8-3-1-2-4-9-16/h5-7,10,13H,1-4,8-9H2,(H,17,18). The Labute approximate surface area is 112 Å². The summed E-state index contributed by atoms with van der Waals surface area (Å²) in [6.07, 6.45) is 4.53. The Bertz CT molecular complexity index is 414. The Morgan fingerprint density at radius 1 is 1.22 bits per heavy atom. The van der Waals surface area contributed by atoms with Crippen LogP contribution in [-0.2, 0) is 4.79 Å². The highest BCUT2D eigenvalue weighted by Crippen LogP contribution is 2.26. The molecule has 3 nitrogen and oxygen atoms in total. The van der Waals surface area contributed by atoms with Crippen molar-refractivity contribution in [2.45, 2.75) is 31.7 Å². The van der Waals surface area contributed by atoms with Gasteiger partial charge in [-0.1, -0.05) is 36.6 Å². The number of carboxylic acid groups (broad SMARTS) is 1. The summed E-state index contributed by atoms with van der Waals surface area (Å²) in [6, 6.07) is 6.61. The van der Waals surface area contributed by atoms with Gasteiger partial charge >= 0.3 is 5.97 Å². The third-order valence-electron chi connectivity index (χ3n) is 3.40. The summed E-state index contributed by atoms with van der Waals surface area (Å²) < 4.78 is 0. The minimum atomic E-state index is -0.792. The molecule has 2 rings (SSSR count). The summed E-state index contributed by atoms with van der Waals surface area (Å²) in [5.41, 5.74) is 0.775. The number of halogens is 1. The molecule has 1 aliphatic heterocycles. The molecule has 1 saturated heterocycles. The molecule has 0 aromatic heterocycles. The molecule has 1 atom stereocenters. The average molecular weight is 268 g/mol. The van der Waals surface area contributed by atoms with Crippen molar-refractivity contribution < 1.29 is 9.90 Å². The van der Waals surface area contributed by atoms with Crippen LogP contribution in [0.1, 0.15) is 37.3 Å². The van der Waals surface area contributed by atoms with E-state index in [-0.39, 0.29) is 0 Å². The Morgan fingerprint density at radius 3 is 2.44 bits per heavy atom. The number of rotatable bonds is 3. The van der Waals surface area contributed by atoms with Gasteiger partial charge in [-0.05, 0) is 43.6 Å². The molecule has 0 amide bonds. The molecule has 1 aromatic rings. The molecule has 0 bridgehead atoms. The van der Waals surface area contributed by atoms with Gasteiger partial charge in [0.1, 0.15) is 6.04 Å². The van der Waals surface area contributed by atoms with Crippen LogP contribution in [0.4, 0.5) is 0 Å². The van der Waals surface area contributed by atoms with Gasteiger partial charge in [-0.3, -0.25) is 9.69 Å². The third-order valence-corrected chi connectivity index (χ3v) is 3.64. The van der Waals surface area contributed by atoms with Crippen LogP contribution in [0.5, 0.6) is 0 Å². The van der Waals surface area contributed by atoms with Crippen molar-refractivity contribution in [1.82, 2.24) is 4.90 Å². The fourth-order valence-electron chi connectivity index (χ4n) is 2.54. The molecule has 0 saturated carbocycles. The van der Waals surface area contributed by atoms with E-state index in [1.807, 2.05) is 12.1 Å². The van der Waals surface area contributed by atoms with E-state index in [0.29, 0.717) is 5.02 Å². The normalized spacial score (nSPS) is 19.2. The lowest BCUT2D eigenvalue weighted by molar-refractivity contribution is -0.143. The number of carboxylic acids is 1. The number of hydrogen-bond donors (Lipinski definition) is 1. The van der Waals surface area contributed by atoms with Crippen molar-refractivity contribution in [2.75, 3.05) is 13.1 Å². The summed E-state index contributed by atoms with van der Waals surface area (Å²) in [7, 11) is 0. The maximum atomic E-state index is 11.5. The highest BCUT2D eigenvalue weighted by Gasteiger charge is 2.27. The highest BCUT2D eigenvalue weighted by atomic mass is 35.5. The second-order valence-electron chi connectivity index (χ2n) is 4.75. The molecule has 0 aliphatic carbocycles. The van der Waals surface area contributed by atoms with E-state index in [1.54, 1.807) is 12.1 Å². The van der Waals surface area contributed by atoms with Gasteiger partial charge in [0.2, 0.25) is 0 Å². The van der Waals surface area contributed by atoms with Crippen LogP contribution in [0, 0.1) is 0 Å². The fraction of sp³-hybridized carbons (Fsp3) is 0.500. The van der Waals surface area contributed by atoms with E-state index in [9.17, 15) is 9.90 Å². The van der Waals surface area contributed by atoms with Crippen molar-refractivity contribution in [1.29, 1.82) is 0 Å². The van der Waals surface area contributed by atoms with E-state index >= 15 is 0 Å². The van der Waals surface area contributed by atoms with Gasteiger partial charge in [0.15, 0.2) is 0 Å². The van der Waals surface area contributed by atoms with E-state index in [0.717, 1.165) is 31.5 Å². The Balaban J connectivity index is 2.24. The summed E-state index contributed by atoms with van der Waals surface area (Å²) in [5, 5.41) is 10.1. The molecule has 18 heavy (non-hydrogen) atoms. The van der Waals surface area contributed by atoms with Gasteiger partial charge in [-0.25, -0.2) is 0 Å². The fourth-order valence-corrected chi connectivity index (χ4v) is 2.74. The smallest absolute Gasteiger partial charge is 0.325 e. The summed E-state index contributed by atoms with van der Waals surface area (Å²) in [6.45, 7) is 1.70. The third kappa shape index (κ3) is 3.24. The lowest BCUT2D eigenvalue weighted by Gasteiger charge is -2.27. The molecular weight excluding hydrogens is 250 g/mol. The minimum Gasteiger partial charge on any atom is -0.480 e. The van der Waals surface area contributed by atoms with Crippen LogP contribution in [0.25, 0.3) is 0 Å². The van der Waals surface area contributed by atoms with Crippen LogP contribution in [0.3, 0.4) is 0 Å². The van der Waals surface area contributed by atoms with Crippen LogP contribution in [0.15, 0.2) is 24.3 Å². The molecule has 1 N–H and O–H groups in total. The number of benzene rings is 1. The summed E-state index contributed by atoms with van der Waals surface area (Å²) >= 11 is 5.95. The van der Waals surface area contributed by atoms with E-state index in [4.69, 9.17) is 11.6 Å². The van der Waals surface area contributed by atoms with Crippen molar-refractivity contribution >= 4 is 17.6 Å². The number of hydrogen-bond acceptors (Lipinski definition) is 2. The largest absolute Gasteiger partial charge is 0.480 e. The Hall–Kier alpha value is -1.06. The predicted molar refractivity (Wildman–Crippen MR) is 71.9 cm³/mol. The number of likely N-dealkylation sites (tertiary alicyclic amines) is 1. The molecule has 1 aromatic carbocycles. The average Bonchev–Trinajstić information content (AvgIpc) is 2.58. The summed E-state index contributed by atoms with van der Waals surface area (Å²) in [4.78, 5) is 13.6. The molecule has 1 heterocycles. The molecule has 4 heteroatoms. The zero-order valence-corrected chi connectivity index (χ0v) is 11.1. The quantitative estimate of drug-likeness (QED) is 0.913. The van der Waals surface area contributed by atoms with Gasteiger partial charge in [-0.2, -0.15) is 0 Å². The van der Waals surface area contributed by atoms with Crippen molar-refractivity contribution in [3.05, 3.63) is 34.9 Å². The van der Waals surface area contributed by atoms with E-state index in [2.05, 4.69) is 4.90 Å². The first kappa shape index (κ1) is 13.4. The first-order valence-corrected chi connectivity index (χ1v) is 6.78. The first-order valence-electron chi connectivity index (χ1n) is 6.41. The topological polar surface area (TPSA) is 40.5 Å². The van der Waals surface area contributed by atoms with Crippen LogP contribution >= 0.6 is 11.6 Å². The van der Waals surface area contributed by atoms with Gasteiger partial charge in [0.25, 0.3) is 0 Å². The summed E-state index contributed by atoms with van der Waals surface area (Å²) in [5.74, 6) is -0.792. The van der Waals surface area contributed by atoms with E-state index in [1.165, 1.54) is 12.8 Å². The lowest BCUT2D eigenvalue weighted by atomic mass is 10.1. The Morgan fingerprint density at radius 2 is 1.89 bits per heavy atom. The highest BCUT2D eigenvalue weighted by molar-refractivity contribution is 6.30. The van der Waals surface area contributed by atoms with Gasteiger partial charge in [-0.15, -0.1) is 0 Å². The molecular formula is C14H18ClNO2. The number of carbonyl (C=O) groups is 1. The van der Waals surface area contributed by atoms with Crippen LogP contribution in [0.2, 0.25) is 5.02 Å². The van der Waals surface area contributed by atoms with E-state index < -0.39 is 12.0 Å². The first-order chi connectivity index (χ1) is 8.68. The molecule has 98 valence electrons. The second-order valence-corrected chi connectivity index (χ2v) is 5.18. The monoisotopic (exact) mass is 267 g/mol. The molecule has 1 aliphatic rings. The molecule has 0 spiro atoms. The van der Waals surface area contributed by atoms with Crippen molar-refractivity contribution in [3.63, 3.8) is 0 Å². The van der Waals surface area contributed by atoms with Crippen molar-refractivity contribution in [3.8, 4) is 0 Å². The van der Waals surface area contributed by atoms with Crippen LogP contribution in [-0.4, -0.2) is 29.1 Å². The molecule has 0 radical (unpaired) electrons. The van der Waals surface area contributed by atoms with Gasteiger partial charge in [0, 0.05) is 5.02 Å². The molecule has 1 unspecified atom stereocenters. The second kappa shape index (κ2) is 6.21. The molecule has 1 fully saturated rings. The Kier molecular flexibility index (Phi) is 4.61. The number of nitrogens with zero attached hydrogens (tertiary/aromatic N) is 1. The lowest BCUT2D eigenvalue weighted by Crippen LogP contribution is -2.34. The van der Waals surface area contributed by atoms with Gasteiger partial charge < -0.3 is 5.11 Å². The zero-order chi connectivity index (χ0) is 13.0. The number of aliphatic carboxylic acids is 1. The predicted octanol–water partition coefficient (Wildman–Crippen LogP) is 3.34. The maximum absolute atomic E-state index is 11.5. The van der Waals surface area contributed by atoms with Crippen LogP contribution < -0.4 is 0 Å². The maximum Gasteiger partial charge on any atom is 0.325 e. The minimum absolute atomic E-state index is 0.568. The zero-order valence-electron chi connectivity index (χ0n) is 10.3.